The average molecular weight is 838 g/mol. The molecule has 0 aromatic heterocycles. The molecule has 1 heterocycles. The number of aryl methyl sites for hydroxylation is 6. The van der Waals surface area contributed by atoms with Gasteiger partial charge < -0.3 is 9.80 Å². The number of halogens is 2. The zero-order chi connectivity index (χ0) is 37.2. The van der Waals surface area contributed by atoms with Crippen LogP contribution in [0.4, 0.5) is 11.4 Å². The molecule has 2 aliphatic rings. The molecule has 1 saturated carbocycles. The van der Waals surface area contributed by atoms with Crippen molar-refractivity contribution in [3.8, 4) is 0 Å². The summed E-state index contributed by atoms with van der Waals surface area (Å²) in [6, 6.07) is 41.4. The number of hydrogen-bond acceptors (Lipinski definition) is 2. The fourth-order valence-corrected chi connectivity index (χ4v) is 10.2. The molecular formula is C46H54Cl2N2PRu-. The van der Waals surface area contributed by atoms with E-state index in [1.165, 1.54) is 88.0 Å². The number of benzene rings is 5. The van der Waals surface area contributed by atoms with E-state index in [1.807, 2.05) is 34.9 Å². The normalized spacial score (nSPS) is 17.4. The first-order valence-corrected chi connectivity index (χ1v) is 24.5. The first kappa shape index (κ1) is 40.4. The van der Waals surface area contributed by atoms with Gasteiger partial charge in [0, 0.05) is 11.4 Å². The summed E-state index contributed by atoms with van der Waals surface area (Å²) in [4.78, 5) is 5.05. The molecule has 2 nitrogen and oxygen atoms in total. The van der Waals surface area contributed by atoms with Crippen molar-refractivity contribution in [2.45, 2.75) is 91.4 Å². The minimum atomic E-state index is -1.61. The third-order valence-electron chi connectivity index (χ3n) is 9.86. The van der Waals surface area contributed by atoms with Crippen LogP contribution in [0.5, 0.6) is 0 Å². The van der Waals surface area contributed by atoms with Crippen LogP contribution in [0.25, 0.3) is 0 Å². The molecule has 276 valence electrons. The molecule has 6 heteroatoms. The molecule has 1 saturated heterocycles. The van der Waals surface area contributed by atoms with E-state index in [0.717, 1.165) is 11.2 Å². The van der Waals surface area contributed by atoms with Crippen LogP contribution in [-0.4, -0.2) is 10.3 Å². The zero-order valence-corrected chi connectivity index (χ0v) is 35.9. The molecular weight excluding hydrogens is 783 g/mol. The summed E-state index contributed by atoms with van der Waals surface area (Å²) in [7, 11) is 14.2. The molecule has 52 heavy (non-hydrogen) atoms. The van der Waals surface area contributed by atoms with E-state index in [1.54, 1.807) is 0 Å². The Kier molecular flexibility index (Phi) is 15.2. The summed E-state index contributed by atoms with van der Waals surface area (Å²) >= 11 is -1.61. The van der Waals surface area contributed by atoms with E-state index in [0.29, 0.717) is 0 Å². The Balaban J connectivity index is 0.000000251. The fourth-order valence-electron chi connectivity index (χ4n) is 7.87. The predicted molar refractivity (Wildman–Crippen MR) is 229 cm³/mol. The quantitative estimate of drug-likeness (QED) is 0.0988. The molecule has 0 bridgehead atoms. The van der Waals surface area contributed by atoms with Gasteiger partial charge in [-0.2, -0.15) is 6.67 Å². The molecule has 1 unspecified atom stereocenters. The standard InChI is InChI=1S/C33H35N2.C7H6.C6H13P.2ClH.Ru/c1-22-17-24(3)30(25(4)18-22)34-21-35(31-26(5)19-23(2)20-27(31)6)33(29-15-11-8-12-16-29)32(34)28-13-9-7-10-14-28;1-7-5-3-2-4-6-7;7-6-4-2-1-3-5-6;;;/h7-21,32-33H,1-6H3;1-6H;6H,1-5,7H2;2*1H;/q-1;;;;;+2/p-2/t32-,33-;;;;;/m1...../s1. The van der Waals surface area contributed by atoms with Crippen molar-refractivity contribution in [1.29, 1.82) is 0 Å². The van der Waals surface area contributed by atoms with Gasteiger partial charge in [0.05, 0.1) is 12.1 Å². The predicted octanol–water partition coefficient (Wildman–Crippen LogP) is 13.4. The van der Waals surface area contributed by atoms with Crippen molar-refractivity contribution in [3.63, 3.8) is 0 Å². The van der Waals surface area contributed by atoms with E-state index in [9.17, 15) is 0 Å². The van der Waals surface area contributed by atoms with Crippen LogP contribution in [0, 0.1) is 48.2 Å². The minimum absolute atomic E-state index is 0.138. The van der Waals surface area contributed by atoms with Crippen LogP contribution < -0.4 is 9.80 Å². The van der Waals surface area contributed by atoms with E-state index in [4.69, 9.17) is 19.4 Å². The van der Waals surface area contributed by atoms with E-state index >= 15 is 0 Å². The molecule has 3 atom stereocenters. The van der Waals surface area contributed by atoms with Gasteiger partial charge in [-0.25, -0.2) is 0 Å². The Bertz CT molecular complexity index is 1750. The third-order valence-corrected chi connectivity index (χ3v) is 12.4. The molecule has 5 aromatic rings. The summed E-state index contributed by atoms with van der Waals surface area (Å²) in [5, 5.41) is 0. The van der Waals surface area contributed by atoms with Crippen LogP contribution in [0.1, 0.15) is 94.3 Å². The molecule has 7 rings (SSSR count). The molecule has 0 radical (unpaired) electrons. The van der Waals surface area contributed by atoms with Gasteiger partial charge in [-0.15, -0.1) is 9.24 Å². The number of anilines is 2. The van der Waals surface area contributed by atoms with E-state index in [2.05, 4.69) is 152 Å². The second-order valence-corrected chi connectivity index (χ2v) is 20.9. The first-order chi connectivity index (χ1) is 25.0. The van der Waals surface area contributed by atoms with Crippen LogP contribution in [0.3, 0.4) is 0 Å². The molecule has 1 aliphatic carbocycles. The van der Waals surface area contributed by atoms with Gasteiger partial charge >= 0.3 is 73.4 Å². The molecule has 0 spiro atoms. The van der Waals surface area contributed by atoms with Crippen molar-refractivity contribution in [3.05, 3.63) is 172 Å². The van der Waals surface area contributed by atoms with E-state index < -0.39 is 13.5 Å². The van der Waals surface area contributed by atoms with Gasteiger partial charge in [0.15, 0.2) is 0 Å². The van der Waals surface area contributed by atoms with Gasteiger partial charge in [0.2, 0.25) is 0 Å². The van der Waals surface area contributed by atoms with Gasteiger partial charge in [0.1, 0.15) is 0 Å². The van der Waals surface area contributed by atoms with Gasteiger partial charge in [-0.05, 0) is 93.4 Å². The van der Waals surface area contributed by atoms with Crippen LogP contribution in [-0.2, 0) is 13.5 Å². The summed E-state index contributed by atoms with van der Waals surface area (Å²) in [6.45, 7) is 15.7. The molecule has 1 aliphatic heterocycles. The number of nitrogens with zero attached hydrogens (tertiary/aromatic N) is 2. The molecule has 5 aromatic carbocycles. The van der Waals surface area contributed by atoms with Gasteiger partial charge in [-0.3, -0.25) is 0 Å². The molecule has 0 amide bonds. The second kappa shape index (κ2) is 19.5. The van der Waals surface area contributed by atoms with Crippen molar-refractivity contribution >= 4 is 44.6 Å². The maximum atomic E-state index is 5.67. The third kappa shape index (κ3) is 10.7. The number of hydrogen-bond donors (Lipinski definition) is 0. The monoisotopic (exact) mass is 837 g/mol. The summed E-state index contributed by atoms with van der Waals surface area (Å²) < 4.78 is 1.92. The van der Waals surface area contributed by atoms with Crippen molar-refractivity contribution in [2.24, 2.45) is 0 Å². The summed E-state index contributed by atoms with van der Waals surface area (Å²) in [5.74, 6) is 0. The SMILES string of the molecule is Cc1cc(C)c(N2[CH-]N(c3c(C)cc(C)cc3C)[C@H](c3ccccc3)[C@H]2c2ccccc2)c(C)c1.PC1CCCCC1.[Cl][Ru]([Cl])=[CH]c1ccccc1. The maximum absolute atomic E-state index is 5.67. The Morgan fingerprint density at radius 3 is 1.27 bits per heavy atom. The van der Waals surface area contributed by atoms with Gasteiger partial charge in [-0.1, -0.05) is 115 Å². The fraction of sp³-hybridized carbons (Fsp3) is 0.304. The Labute approximate surface area is 329 Å². The Morgan fingerprint density at radius 1 is 0.577 bits per heavy atom. The van der Waals surface area contributed by atoms with Crippen molar-refractivity contribution in [2.75, 3.05) is 9.80 Å². The second-order valence-electron chi connectivity index (χ2n) is 14.3. The molecule has 2 fully saturated rings. The number of rotatable bonds is 5. The Morgan fingerprint density at radius 2 is 0.942 bits per heavy atom. The van der Waals surface area contributed by atoms with Crippen LogP contribution in [0.2, 0.25) is 0 Å². The van der Waals surface area contributed by atoms with Crippen LogP contribution >= 0.6 is 28.6 Å². The first-order valence-electron chi connectivity index (χ1n) is 18.3. The van der Waals surface area contributed by atoms with Gasteiger partial charge in [0.25, 0.3) is 0 Å². The topological polar surface area (TPSA) is 6.48 Å². The van der Waals surface area contributed by atoms with E-state index in [-0.39, 0.29) is 12.1 Å². The summed E-state index contributed by atoms with van der Waals surface area (Å²) in [5.41, 5.74) is 15.2. The van der Waals surface area contributed by atoms with Crippen molar-refractivity contribution in [1.82, 2.24) is 0 Å². The summed E-state index contributed by atoms with van der Waals surface area (Å²) in [6.07, 6.45) is 7.31. The van der Waals surface area contributed by atoms with Crippen molar-refractivity contribution < 1.29 is 13.5 Å². The van der Waals surface area contributed by atoms with Crippen LogP contribution in [0.15, 0.2) is 115 Å². The average Bonchev–Trinajstić information content (AvgIpc) is 3.48. The molecule has 0 N–H and O–H groups in total. The zero-order valence-electron chi connectivity index (χ0n) is 31.5. The Hall–Kier alpha value is -2.80.